The number of thioether (sulfide) groups is 1. The van der Waals surface area contributed by atoms with Gasteiger partial charge in [0.1, 0.15) is 6.61 Å². The first-order chi connectivity index (χ1) is 9.72. The van der Waals surface area contributed by atoms with E-state index < -0.39 is 0 Å². The lowest BCUT2D eigenvalue weighted by Crippen LogP contribution is -2.20. The molecule has 1 aromatic rings. The zero-order valence-corrected chi connectivity index (χ0v) is 11.7. The van der Waals surface area contributed by atoms with Crippen molar-refractivity contribution in [2.75, 3.05) is 24.3 Å². The minimum absolute atomic E-state index is 0.0202. The molecule has 0 saturated carbocycles. The number of amides is 1. The van der Waals surface area contributed by atoms with Gasteiger partial charge < -0.3 is 14.8 Å². The number of anilines is 1. The Labute approximate surface area is 121 Å². The molecule has 1 atom stereocenters. The highest BCUT2D eigenvalue weighted by Gasteiger charge is 2.20. The molecule has 1 fully saturated rings. The minimum atomic E-state index is -0.381. The number of esters is 1. The number of carbonyl (C=O) groups excluding carboxylic acids is 2. The van der Waals surface area contributed by atoms with Crippen LogP contribution < -0.4 is 5.32 Å². The summed E-state index contributed by atoms with van der Waals surface area (Å²) < 4.78 is 10.7. The molecule has 2 heterocycles. The number of nitrogens with one attached hydrogen (secondary N) is 1. The van der Waals surface area contributed by atoms with Crippen LogP contribution in [-0.2, 0) is 14.3 Å². The molecular weight excluding hydrogens is 278 g/mol. The summed E-state index contributed by atoms with van der Waals surface area (Å²) in [6, 6.07) is 5.22. The molecule has 1 saturated heterocycles. The molecule has 20 heavy (non-hydrogen) atoms. The summed E-state index contributed by atoms with van der Waals surface area (Å²) in [6.45, 7) is 1.03. The summed E-state index contributed by atoms with van der Waals surface area (Å²) in [4.78, 5) is 24.3. The van der Waals surface area contributed by atoms with Crippen LogP contribution in [0.4, 0.5) is 5.69 Å². The Kier molecular flexibility index (Phi) is 3.93. The predicted molar refractivity (Wildman–Crippen MR) is 75.1 cm³/mol. The van der Waals surface area contributed by atoms with Crippen molar-refractivity contribution < 1.29 is 19.1 Å². The maximum absolute atomic E-state index is 12.0. The van der Waals surface area contributed by atoms with E-state index in [-0.39, 0.29) is 24.6 Å². The van der Waals surface area contributed by atoms with Crippen molar-refractivity contribution in [3.63, 3.8) is 0 Å². The van der Waals surface area contributed by atoms with Crippen LogP contribution in [-0.4, -0.2) is 36.9 Å². The van der Waals surface area contributed by atoms with Crippen LogP contribution in [0.5, 0.6) is 0 Å². The van der Waals surface area contributed by atoms with E-state index in [1.54, 1.807) is 12.1 Å². The van der Waals surface area contributed by atoms with Crippen molar-refractivity contribution in [2.24, 2.45) is 0 Å². The fraction of sp³-hybridized carbons (Fsp3) is 0.429. The Morgan fingerprint density at radius 3 is 3.20 bits per heavy atom. The standard InChI is InChI=1S/C14H15NO4S/c16-13-8-20-12-4-3-9(6-11(12)15-13)14(17)19-7-10-2-1-5-18-10/h3-4,6,10H,1-2,5,7-8H2,(H,15,16)/t10-/m0/s1. The van der Waals surface area contributed by atoms with E-state index in [1.165, 1.54) is 11.8 Å². The van der Waals surface area contributed by atoms with Crippen LogP contribution in [0, 0.1) is 0 Å². The Hall–Kier alpha value is -1.53. The number of hydrogen-bond acceptors (Lipinski definition) is 5. The first-order valence-corrected chi connectivity index (χ1v) is 7.56. The molecule has 2 aliphatic heterocycles. The minimum Gasteiger partial charge on any atom is -0.459 e. The lowest BCUT2D eigenvalue weighted by atomic mass is 10.2. The fourth-order valence-corrected chi connectivity index (χ4v) is 3.03. The van der Waals surface area contributed by atoms with Crippen LogP contribution >= 0.6 is 11.8 Å². The number of fused-ring (bicyclic) bond motifs is 1. The summed E-state index contributed by atoms with van der Waals surface area (Å²) in [5.41, 5.74) is 1.13. The summed E-state index contributed by atoms with van der Waals surface area (Å²) >= 11 is 1.47. The zero-order valence-electron chi connectivity index (χ0n) is 10.9. The molecule has 1 N–H and O–H groups in total. The molecule has 5 nitrogen and oxygen atoms in total. The normalized spacial score (nSPS) is 21.2. The fourth-order valence-electron chi connectivity index (χ4n) is 2.24. The van der Waals surface area contributed by atoms with Gasteiger partial charge in [-0.15, -0.1) is 11.8 Å². The highest BCUT2D eigenvalue weighted by Crippen LogP contribution is 2.32. The molecule has 6 heteroatoms. The Morgan fingerprint density at radius 1 is 1.50 bits per heavy atom. The largest absolute Gasteiger partial charge is 0.459 e. The van der Waals surface area contributed by atoms with Crippen LogP contribution in [0.3, 0.4) is 0 Å². The molecule has 1 amide bonds. The summed E-state index contributed by atoms with van der Waals surface area (Å²) in [7, 11) is 0. The van der Waals surface area contributed by atoms with Crippen molar-refractivity contribution in [1.82, 2.24) is 0 Å². The molecule has 0 unspecified atom stereocenters. The van der Waals surface area contributed by atoms with E-state index in [0.717, 1.165) is 24.3 Å². The first-order valence-electron chi connectivity index (χ1n) is 6.58. The monoisotopic (exact) mass is 293 g/mol. The van der Waals surface area contributed by atoms with Gasteiger partial charge >= 0.3 is 5.97 Å². The van der Waals surface area contributed by atoms with E-state index in [9.17, 15) is 9.59 Å². The first kappa shape index (κ1) is 13.5. The highest BCUT2D eigenvalue weighted by atomic mass is 32.2. The second kappa shape index (κ2) is 5.85. The van der Waals surface area contributed by atoms with Crippen molar-refractivity contribution >= 4 is 29.3 Å². The van der Waals surface area contributed by atoms with Gasteiger partial charge in [0.25, 0.3) is 0 Å². The SMILES string of the molecule is O=C1CSc2ccc(C(=O)OC[C@@H]3CCCO3)cc2N1. The second-order valence-corrected chi connectivity index (χ2v) is 5.80. The molecule has 0 bridgehead atoms. The maximum atomic E-state index is 12.0. The third-order valence-electron chi connectivity index (χ3n) is 3.27. The number of rotatable bonds is 3. The zero-order chi connectivity index (χ0) is 13.9. The average Bonchev–Trinajstić information content (AvgIpc) is 2.97. The summed E-state index contributed by atoms with van der Waals surface area (Å²) in [6.07, 6.45) is 1.97. The molecular formula is C14H15NO4S. The highest BCUT2D eigenvalue weighted by molar-refractivity contribution is 8.00. The third-order valence-corrected chi connectivity index (χ3v) is 4.35. The van der Waals surface area contributed by atoms with Crippen LogP contribution in [0.2, 0.25) is 0 Å². The molecule has 106 valence electrons. The molecule has 3 rings (SSSR count). The number of hydrogen-bond donors (Lipinski definition) is 1. The van der Waals surface area contributed by atoms with Crippen molar-refractivity contribution in [3.8, 4) is 0 Å². The van der Waals surface area contributed by atoms with Gasteiger partial charge in [-0.1, -0.05) is 0 Å². The Balaban J connectivity index is 1.65. The van der Waals surface area contributed by atoms with E-state index in [1.807, 2.05) is 6.07 Å². The average molecular weight is 293 g/mol. The number of carbonyl (C=O) groups is 2. The van der Waals surface area contributed by atoms with E-state index in [2.05, 4.69) is 5.32 Å². The predicted octanol–water partition coefficient (Wildman–Crippen LogP) is 2.07. The van der Waals surface area contributed by atoms with Crippen LogP contribution in [0.1, 0.15) is 23.2 Å². The number of ether oxygens (including phenoxy) is 2. The van der Waals surface area contributed by atoms with Gasteiger partial charge in [0.05, 0.1) is 23.1 Å². The Bertz CT molecular complexity index is 540. The summed E-state index contributed by atoms with van der Waals surface area (Å²) in [5, 5.41) is 2.76. The molecule has 1 aromatic carbocycles. The quantitative estimate of drug-likeness (QED) is 0.864. The van der Waals surface area contributed by atoms with Crippen molar-refractivity contribution in [3.05, 3.63) is 23.8 Å². The van der Waals surface area contributed by atoms with Gasteiger partial charge in [0.15, 0.2) is 0 Å². The Morgan fingerprint density at radius 2 is 2.40 bits per heavy atom. The summed E-state index contributed by atoms with van der Waals surface area (Å²) in [5.74, 6) is -0.0176. The van der Waals surface area contributed by atoms with E-state index >= 15 is 0 Å². The van der Waals surface area contributed by atoms with Gasteiger partial charge in [-0.25, -0.2) is 4.79 Å². The second-order valence-electron chi connectivity index (χ2n) is 4.78. The van der Waals surface area contributed by atoms with E-state index in [4.69, 9.17) is 9.47 Å². The topological polar surface area (TPSA) is 64.6 Å². The van der Waals surface area contributed by atoms with Crippen molar-refractivity contribution in [1.29, 1.82) is 0 Å². The van der Waals surface area contributed by atoms with Gasteiger partial charge in [-0.2, -0.15) is 0 Å². The lowest BCUT2D eigenvalue weighted by Gasteiger charge is -2.17. The van der Waals surface area contributed by atoms with Gasteiger partial charge in [0, 0.05) is 11.5 Å². The third kappa shape index (κ3) is 2.96. The molecule has 0 spiro atoms. The molecule has 2 aliphatic rings. The van der Waals surface area contributed by atoms with Gasteiger partial charge in [-0.05, 0) is 31.0 Å². The maximum Gasteiger partial charge on any atom is 0.338 e. The van der Waals surface area contributed by atoms with Crippen LogP contribution in [0.15, 0.2) is 23.1 Å². The van der Waals surface area contributed by atoms with Gasteiger partial charge in [0.2, 0.25) is 5.91 Å². The smallest absolute Gasteiger partial charge is 0.338 e. The lowest BCUT2D eigenvalue weighted by molar-refractivity contribution is -0.113. The number of benzene rings is 1. The molecule has 0 radical (unpaired) electrons. The van der Waals surface area contributed by atoms with Crippen molar-refractivity contribution in [2.45, 2.75) is 23.8 Å². The van der Waals surface area contributed by atoms with E-state index in [0.29, 0.717) is 17.0 Å². The molecule has 0 aliphatic carbocycles. The molecule has 0 aromatic heterocycles. The van der Waals surface area contributed by atoms with Gasteiger partial charge in [-0.3, -0.25) is 4.79 Å². The van der Waals surface area contributed by atoms with Crippen LogP contribution in [0.25, 0.3) is 0 Å².